The van der Waals surface area contributed by atoms with E-state index in [1.807, 2.05) is 46.6 Å². The number of nitrogens with zero attached hydrogens (tertiary/aromatic N) is 5. The molecule has 1 aliphatic rings. The minimum atomic E-state index is 0.628. The van der Waals surface area contributed by atoms with Crippen LogP contribution in [0.2, 0.25) is 0 Å². The average molecular weight is 401 g/mol. The topological polar surface area (TPSA) is 66.5 Å². The molecule has 0 unspecified atom stereocenters. The van der Waals surface area contributed by atoms with E-state index in [2.05, 4.69) is 23.2 Å². The van der Waals surface area contributed by atoms with Crippen molar-refractivity contribution >= 4 is 11.2 Å². The molecular weight excluding hydrogens is 378 g/mol. The number of aryl methyl sites for hydroxylation is 1. The first-order valence-electron chi connectivity index (χ1n) is 10.0. The average Bonchev–Trinajstić information content (AvgIpc) is 3.39. The van der Waals surface area contributed by atoms with Crippen molar-refractivity contribution in [2.24, 2.45) is 0 Å². The summed E-state index contributed by atoms with van der Waals surface area (Å²) < 4.78 is 14.9. The summed E-state index contributed by atoms with van der Waals surface area (Å²) in [4.78, 5) is 9.14. The van der Waals surface area contributed by atoms with Crippen LogP contribution in [0.3, 0.4) is 0 Å². The van der Waals surface area contributed by atoms with E-state index in [0.29, 0.717) is 13.0 Å². The highest BCUT2D eigenvalue weighted by molar-refractivity contribution is 5.76. The van der Waals surface area contributed by atoms with E-state index in [9.17, 15) is 0 Å². The minimum Gasteiger partial charge on any atom is -0.495 e. The second-order valence-electron chi connectivity index (χ2n) is 7.38. The molecule has 152 valence electrons. The quantitative estimate of drug-likeness (QED) is 0.511. The highest BCUT2D eigenvalue weighted by atomic mass is 16.5. The van der Waals surface area contributed by atoms with Gasteiger partial charge in [-0.05, 0) is 48.7 Å². The van der Waals surface area contributed by atoms with E-state index in [4.69, 9.17) is 19.6 Å². The third-order valence-corrected chi connectivity index (χ3v) is 5.31. The standard InChI is InChI=1S/C23H23N5O2/c1-16-14-27(15-24-16)20-6-5-17(12-21(20)29-2)13-22-25-23-19(4-3-9-28(23)26-22)18-7-10-30-11-8-18/h3-7,9,12,14-15H,8,10-11,13H2,1-2H3. The van der Waals surface area contributed by atoms with Crippen molar-refractivity contribution in [1.29, 1.82) is 0 Å². The smallest absolute Gasteiger partial charge is 0.163 e. The Morgan fingerprint density at radius 3 is 2.93 bits per heavy atom. The van der Waals surface area contributed by atoms with Gasteiger partial charge in [-0.15, -0.1) is 0 Å². The number of benzene rings is 1. The molecule has 0 saturated heterocycles. The molecule has 0 aliphatic carbocycles. The molecule has 1 aromatic carbocycles. The summed E-state index contributed by atoms with van der Waals surface area (Å²) in [6.07, 6.45) is 9.38. The Bertz CT molecular complexity index is 1240. The van der Waals surface area contributed by atoms with Crippen molar-refractivity contribution in [2.75, 3.05) is 20.3 Å². The predicted molar refractivity (Wildman–Crippen MR) is 114 cm³/mol. The zero-order valence-corrected chi connectivity index (χ0v) is 17.1. The van der Waals surface area contributed by atoms with Crippen molar-refractivity contribution in [3.63, 3.8) is 0 Å². The van der Waals surface area contributed by atoms with Gasteiger partial charge in [0.05, 0.1) is 38.0 Å². The number of ether oxygens (including phenoxy) is 2. The fourth-order valence-electron chi connectivity index (χ4n) is 3.83. The van der Waals surface area contributed by atoms with Gasteiger partial charge in [-0.2, -0.15) is 5.10 Å². The number of imidazole rings is 1. The SMILES string of the molecule is COc1cc(Cc2nc3c(C4=CCOCC4)cccn3n2)ccc1-n1cnc(C)c1. The lowest BCUT2D eigenvalue weighted by atomic mass is 10.0. The Kier molecular flexibility index (Phi) is 4.80. The second kappa shape index (κ2) is 7.76. The van der Waals surface area contributed by atoms with E-state index >= 15 is 0 Å². The van der Waals surface area contributed by atoms with Gasteiger partial charge >= 0.3 is 0 Å². The maximum atomic E-state index is 5.63. The van der Waals surface area contributed by atoms with E-state index in [-0.39, 0.29) is 0 Å². The number of hydrogen-bond donors (Lipinski definition) is 0. The molecule has 0 N–H and O–H groups in total. The van der Waals surface area contributed by atoms with E-state index in [1.54, 1.807) is 13.4 Å². The van der Waals surface area contributed by atoms with E-state index in [1.165, 1.54) is 5.57 Å². The van der Waals surface area contributed by atoms with Gasteiger partial charge in [-0.1, -0.05) is 12.1 Å². The van der Waals surface area contributed by atoms with Crippen molar-refractivity contribution in [3.05, 3.63) is 77.8 Å². The molecule has 0 spiro atoms. The van der Waals surface area contributed by atoms with Crippen LogP contribution in [0.1, 0.15) is 29.1 Å². The molecule has 7 heteroatoms. The molecule has 0 bridgehead atoms. The van der Waals surface area contributed by atoms with Crippen LogP contribution in [-0.4, -0.2) is 44.5 Å². The van der Waals surface area contributed by atoms with Gasteiger partial charge < -0.3 is 14.0 Å². The van der Waals surface area contributed by atoms with Crippen LogP contribution >= 0.6 is 0 Å². The summed E-state index contributed by atoms with van der Waals surface area (Å²) in [5, 5.41) is 4.69. The monoisotopic (exact) mass is 401 g/mol. The first-order chi connectivity index (χ1) is 14.7. The number of methoxy groups -OCH3 is 1. The number of fused-ring (bicyclic) bond motifs is 1. The van der Waals surface area contributed by atoms with Crippen LogP contribution < -0.4 is 4.74 Å². The van der Waals surface area contributed by atoms with Gasteiger partial charge in [0.2, 0.25) is 0 Å². The Morgan fingerprint density at radius 1 is 1.23 bits per heavy atom. The zero-order chi connectivity index (χ0) is 20.5. The van der Waals surface area contributed by atoms with Gasteiger partial charge in [-0.25, -0.2) is 14.5 Å². The molecule has 5 rings (SSSR count). The molecule has 0 atom stereocenters. The van der Waals surface area contributed by atoms with Gasteiger partial charge in [0.1, 0.15) is 5.75 Å². The Labute approximate surface area is 174 Å². The maximum Gasteiger partial charge on any atom is 0.163 e. The highest BCUT2D eigenvalue weighted by Crippen LogP contribution is 2.27. The van der Waals surface area contributed by atoms with Crippen LogP contribution in [-0.2, 0) is 11.2 Å². The van der Waals surface area contributed by atoms with E-state index < -0.39 is 0 Å². The highest BCUT2D eigenvalue weighted by Gasteiger charge is 2.15. The molecule has 3 aromatic heterocycles. The number of pyridine rings is 1. The summed E-state index contributed by atoms with van der Waals surface area (Å²) in [5.41, 5.74) is 6.30. The van der Waals surface area contributed by atoms with Gasteiger partial charge in [0, 0.05) is 24.4 Å². The third kappa shape index (κ3) is 3.48. The van der Waals surface area contributed by atoms with Crippen LogP contribution in [0.5, 0.6) is 5.75 Å². The normalized spacial score (nSPS) is 14.1. The first kappa shape index (κ1) is 18.6. The molecule has 1 aliphatic heterocycles. The maximum absolute atomic E-state index is 5.63. The Hall–Kier alpha value is -3.45. The largest absolute Gasteiger partial charge is 0.495 e. The molecule has 4 heterocycles. The molecule has 7 nitrogen and oxygen atoms in total. The van der Waals surface area contributed by atoms with Crippen LogP contribution in [0.4, 0.5) is 0 Å². The molecule has 0 amide bonds. The molecular formula is C23H23N5O2. The Morgan fingerprint density at radius 2 is 2.17 bits per heavy atom. The van der Waals surface area contributed by atoms with Gasteiger partial charge in [0.15, 0.2) is 11.5 Å². The number of hydrogen-bond acceptors (Lipinski definition) is 5. The summed E-state index contributed by atoms with van der Waals surface area (Å²) >= 11 is 0. The Balaban J connectivity index is 1.46. The van der Waals surface area contributed by atoms with Crippen molar-refractivity contribution in [2.45, 2.75) is 19.8 Å². The lowest BCUT2D eigenvalue weighted by Crippen LogP contribution is -2.04. The number of rotatable bonds is 5. The fraction of sp³-hybridized carbons (Fsp3) is 0.261. The summed E-state index contributed by atoms with van der Waals surface area (Å²) in [6, 6.07) is 10.3. The molecule has 0 saturated carbocycles. The van der Waals surface area contributed by atoms with Gasteiger partial charge in [0.25, 0.3) is 0 Å². The summed E-state index contributed by atoms with van der Waals surface area (Å²) in [6.45, 7) is 3.37. The third-order valence-electron chi connectivity index (χ3n) is 5.31. The first-order valence-corrected chi connectivity index (χ1v) is 10.0. The predicted octanol–water partition coefficient (Wildman–Crippen LogP) is 3.63. The minimum absolute atomic E-state index is 0.628. The van der Waals surface area contributed by atoms with Crippen molar-refractivity contribution in [3.8, 4) is 11.4 Å². The number of aromatic nitrogens is 5. The van der Waals surface area contributed by atoms with Crippen molar-refractivity contribution < 1.29 is 9.47 Å². The van der Waals surface area contributed by atoms with Crippen LogP contribution in [0.15, 0.2) is 55.1 Å². The fourth-order valence-corrected chi connectivity index (χ4v) is 3.83. The van der Waals surface area contributed by atoms with Crippen LogP contribution in [0, 0.1) is 6.92 Å². The second-order valence-corrected chi connectivity index (χ2v) is 7.38. The summed E-state index contributed by atoms with van der Waals surface area (Å²) in [5.74, 6) is 1.57. The molecule has 30 heavy (non-hydrogen) atoms. The van der Waals surface area contributed by atoms with E-state index in [0.717, 1.165) is 52.8 Å². The molecule has 0 fully saturated rings. The molecule has 4 aromatic rings. The van der Waals surface area contributed by atoms with Crippen molar-refractivity contribution in [1.82, 2.24) is 24.1 Å². The lowest BCUT2D eigenvalue weighted by molar-refractivity contribution is 0.161. The van der Waals surface area contributed by atoms with Gasteiger partial charge in [-0.3, -0.25) is 0 Å². The van der Waals surface area contributed by atoms with Crippen LogP contribution in [0.25, 0.3) is 16.9 Å². The zero-order valence-electron chi connectivity index (χ0n) is 17.1. The molecule has 0 radical (unpaired) electrons. The summed E-state index contributed by atoms with van der Waals surface area (Å²) in [7, 11) is 1.68. The lowest BCUT2D eigenvalue weighted by Gasteiger charge is -2.13.